The minimum Gasteiger partial charge on any atom is -0.478 e. The number of sulfonamides is 1. The number of ether oxygens (including phenoxy) is 1. The third-order valence-electron chi connectivity index (χ3n) is 2.45. The molecular weight excluding hydrogens is 284 g/mol. The second kappa shape index (κ2) is 6.69. The summed E-state index contributed by atoms with van der Waals surface area (Å²) in [5.74, 6) is -1.33. The Labute approximate surface area is 117 Å². The van der Waals surface area contributed by atoms with Crippen LogP contribution in [0.5, 0.6) is 0 Å². The van der Waals surface area contributed by atoms with Crippen molar-refractivity contribution >= 4 is 21.7 Å². The molecule has 0 aliphatic carbocycles. The van der Waals surface area contributed by atoms with E-state index in [1.807, 2.05) is 0 Å². The van der Waals surface area contributed by atoms with Gasteiger partial charge >= 0.3 is 5.97 Å². The molecular formula is C12H18N2O5S. The summed E-state index contributed by atoms with van der Waals surface area (Å²) in [6.45, 7) is 4.08. The first-order valence-corrected chi connectivity index (χ1v) is 7.49. The SMILES string of the molecule is CCOCC(C)NS(=O)(=O)c1cc(N)ccc1C(=O)O. The van der Waals surface area contributed by atoms with Crippen molar-refractivity contribution in [3.63, 3.8) is 0 Å². The molecule has 0 aromatic heterocycles. The van der Waals surface area contributed by atoms with Gasteiger partial charge in [-0.25, -0.2) is 17.9 Å². The van der Waals surface area contributed by atoms with Crippen LogP contribution in [0, 0.1) is 0 Å². The van der Waals surface area contributed by atoms with E-state index in [2.05, 4.69) is 4.72 Å². The van der Waals surface area contributed by atoms with Gasteiger partial charge in [-0.05, 0) is 32.0 Å². The minimum atomic E-state index is -3.98. The quantitative estimate of drug-likeness (QED) is 0.637. The first kappa shape index (κ1) is 16.4. The van der Waals surface area contributed by atoms with Gasteiger partial charge in [0.05, 0.1) is 17.1 Å². The first-order valence-electron chi connectivity index (χ1n) is 6.00. The van der Waals surface area contributed by atoms with E-state index in [1.54, 1.807) is 13.8 Å². The highest BCUT2D eigenvalue weighted by Crippen LogP contribution is 2.19. The topological polar surface area (TPSA) is 119 Å². The Morgan fingerprint density at radius 1 is 1.50 bits per heavy atom. The molecule has 7 nitrogen and oxygen atoms in total. The lowest BCUT2D eigenvalue weighted by Crippen LogP contribution is -2.36. The molecule has 0 saturated carbocycles. The molecule has 0 aliphatic rings. The Bertz CT molecular complexity index is 586. The van der Waals surface area contributed by atoms with E-state index in [0.29, 0.717) is 6.61 Å². The zero-order valence-corrected chi connectivity index (χ0v) is 12.1. The lowest BCUT2D eigenvalue weighted by atomic mass is 10.2. The molecule has 0 amide bonds. The fraction of sp³-hybridized carbons (Fsp3) is 0.417. The maximum Gasteiger partial charge on any atom is 0.337 e. The Kier molecular flexibility index (Phi) is 5.49. The fourth-order valence-corrected chi connectivity index (χ4v) is 3.06. The Morgan fingerprint density at radius 3 is 2.70 bits per heavy atom. The van der Waals surface area contributed by atoms with Crippen LogP contribution in [0.1, 0.15) is 24.2 Å². The van der Waals surface area contributed by atoms with Gasteiger partial charge in [-0.15, -0.1) is 0 Å². The van der Waals surface area contributed by atoms with Crippen LogP contribution in [0.15, 0.2) is 23.1 Å². The highest BCUT2D eigenvalue weighted by Gasteiger charge is 2.24. The molecule has 1 unspecified atom stereocenters. The van der Waals surface area contributed by atoms with Crippen LogP contribution in [0.3, 0.4) is 0 Å². The molecule has 0 bridgehead atoms. The number of hydrogen-bond acceptors (Lipinski definition) is 5. The van der Waals surface area contributed by atoms with Crippen molar-refractivity contribution in [1.29, 1.82) is 0 Å². The molecule has 0 radical (unpaired) electrons. The molecule has 4 N–H and O–H groups in total. The number of nitrogens with one attached hydrogen (secondary N) is 1. The third kappa shape index (κ3) is 4.19. The van der Waals surface area contributed by atoms with Gasteiger partial charge in [-0.1, -0.05) is 0 Å². The molecule has 0 fully saturated rings. The molecule has 0 heterocycles. The van der Waals surface area contributed by atoms with Crippen molar-refractivity contribution in [2.75, 3.05) is 18.9 Å². The average Bonchev–Trinajstić information content (AvgIpc) is 2.35. The Morgan fingerprint density at radius 2 is 2.15 bits per heavy atom. The van der Waals surface area contributed by atoms with Crippen LogP contribution in [-0.4, -0.2) is 38.7 Å². The maximum absolute atomic E-state index is 12.2. The first-order chi connectivity index (χ1) is 9.27. The van der Waals surface area contributed by atoms with E-state index >= 15 is 0 Å². The number of carbonyl (C=O) groups is 1. The predicted molar refractivity (Wildman–Crippen MR) is 74.1 cm³/mol. The van der Waals surface area contributed by atoms with Gasteiger partial charge in [0.1, 0.15) is 0 Å². The smallest absolute Gasteiger partial charge is 0.337 e. The number of carboxylic acid groups (broad SMARTS) is 1. The van der Waals surface area contributed by atoms with Crippen molar-refractivity contribution in [3.8, 4) is 0 Å². The summed E-state index contributed by atoms with van der Waals surface area (Å²) in [6.07, 6.45) is 0. The van der Waals surface area contributed by atoms with Gasteiger partial charge in [0, 0.05) is 18.3 Å². The molecule has 0 spiro atoms. The number of aromatic carboxylic acids is 1. The van der Waals surface area contributed by atoms with E-state index in [0.717, 1.165) is 6.07 Å². The number of hydrogen-bond donors (Lipinski definition) is 3. The lowest BCUT2D eigenvalue weighted by Gasteiger charge is -2.15. The normalized spacial score (nSPS) is 13.1. The maximum atomic E-state index is 12.2. The van der Waals surface area contributed by atoms with Crippen LogP contribution < -0.4 is 10.5 Å². The fourth-order valence-electron chi connectivity index (χ4n) is 1.59. The summed E-state index contributed by atoms with van der Waals surface area (Å²) >= 11 is 0. The Hall–Kier alpha value is -1.64. The van der Waals surface area contributed by atoms with Crippen LogP contribution in [0.2, 0.25) is 0 Å². The monoisotopic (exact) mass is 302 g/mol. The number of benzene rings is 1. The molecule has 0 saturated heterocycles. The summed E-state index contributed by atoms with van der Waals surface area (Å²) in [7, 11) is -3.98. The molecule has 112 valence electrons. The largest absolute Gasteiger partial charge is 0.478 e. The number of anilines is 1. The highest BCUT2D eigenvalue weighted by molar-refractivity contribution is 7.89. The summed E-state index contributed by atoms with van der Waals surface area (Å²) in [4.78, 5) is 10.7. The van der Waals surface area contributed by atoms with Crippen molar-refractivity contribution in [1.82, 2.24) is 4.72 Å². The molecule has 1 aromatic rings. The van der Waals surface area contributed by atoms with E-state index < -0.39 is 22.0 Å². The number of carboxylic acids is 1. The van der Waals surface area contributed by atoms with E-state index in [9.17, 15) is 13.2 Å². The second-order valence-corrected chi connectivity index (χ2v) is 5.92. The number of nitrogens with two attached hydrogens (primary N) is 1. The minimum absolute atomic E-state index is 0.174. The zero-order valence-electron chi connectivity index (χ0n) is 11.3. The van der Waals surface area contributed by atoms with Gasteiger partial charge in [0.2, 0.25) is 10.0 Å². The zero-order chi connectivity index (χ0) is 15.3. The van der Waals surface area contributed by atoms with Crippen molar-refractivity contribution < 1.29 is 23.1 Å². The van der Waals surface area contributed by atoms with E-state index in [-0.39, 0.29) is 22.8 Å². The molecule has 1 aromatic carbocycles. The second-order valence-electron chi connectivity index (χ2n) is 4.24. The number of nitrogen functional groups attached to an aromatic ring is 1. The van der Waals surface area contributed by atoms with Gasteiger partial charge in [-0.2, -0.15) is 0 Å². The van der Waals surface area contributed by atoms with Crippen LogP contribution in [0.4, 0.5) is 5.69 Å². The standard InChI is InChI=1S/C12H18N2O5S/c1-3-19-7-8(2)14-20(17,18)11-6-9(13)4-5-10(11)12(15)16/h4-6,8,14H,3,7,13H2,1-2H3,(H,15,16). The van der Waals surface area contributed by atoms with Gasteiger partial charge in [0.25, 0.3) is 0 Å². The molecule has 1 rings (SSSR count). The van der Waals surface area contributed by atoms with Crippen molar-refractivity contribution in [3.05, 3.63) is 23.8 Å². The van der Waals surface area contributed by atoms with Gasteiger partial charge in [-0.3, -0.25) is 0 Å². The van der Waals surface area contributed by atoms with Gasteiger partial charge in [0.15, 0.2) is 0 Å². The van der Waals surface area contributed by atoms with E-state index in [4.69, 9.17) is 15.6 Å². The average molecular weight is 302 g/mol. The lowest BCUT2D eigenvalue weighted by molar-refractivity contribution is 0.0692. The third-order valence-corrected chi connectivity index (χ3v) is 4.08. The van der Waals surface area contributed by atoms with Crippen LogP contribution in [-0.2, 0) is 14.8 Å². The van der Waals surface area contributed by atoms with E-state index in [1.165, 1.54) is 12.1 Å². The summed E-state index contributed by atoms with van der Waals surface area (Å²) < 4.78 is 31.9. The summed E-state index contributed by atoms with van der Waals surface area (Å²) in [6, 6.07) is 3.15. The predicted octanol–water partition coefficient (Wildman–Crippen LogP) is 0.670. The Balaban J connectivity index is 3.09. The van der Waals surface area contributed by atoms with Crippen molar-refractivity contribution in [2.45, 2.75) is 24.8 Å². The van der Waals surface area contributed by atoms with Crippen LogP contribution >= 0.6 is 0 Å². The van der Waals surface area contributed by atoms with Crippen LogP contribution in [0.25, 0.3) is 0 Å². The number of rotatable bonds is 7. The molecule has 0 aliphatic heterocycles. The molecule has 8 heteroatoms. The van der Waals surface area contributed by atoms with Gasteiger partial charge < -0.3 is 15.6 Å². The molecule has 20 heavy (non-hydrogen) atoms. The highest BCUT2D eigenvalue weighted by atomic mass is 32.2. The molecule has 1 atom stereocenters. The van der Waals surface area contributed by atoms with Crippen molar-refractivity contribution in [2.24, 2.45) is 0 Å². The summed E-state index contributed by atoms with van der Waals surface area (Å²) in [5, 5.41) is 9.04. The summed E-state index contributed by atoms with van der Waals surface area (Å²) in [5.41, 5.74) is 5.38.